The van der Waals surface area contributed by atoms with Crippen LogP contribution in [-0.4, -0.2) is 29.9 Å². The van der Waals surface area contributed by atoms with E-state index in [1.807, 2.05) is 25.8 Å². The quantitative estimate of drug-likeness (QED) is 0.869. The Hall–Kier alpha value is -1.86. The number of benzene rings is 1. The van der Waals surface area contributed by atoms with Crippen molar-refractivity contribution in [1.82, 2.24) is 10.2 Å². The molecule has 0 aliphatic rings. The molecule has 0 heterocycles. The van der Waals surface area contributed by atoms with Gasteiger partial charge in [-0.05, 0) is 36.4 Å². The van der Waals surface area contributed by atoms with E-state index in [2.05, 4.69) is 56.4 Å². The van der Waals surface area contributed by atoms with Gasteiger partial charge in [-0.2, -0.15) is 5.26 Å². The molecule has 4 nitrogen and oxygen atoms in total. The van der Waals surface area contributed by atoms with Crippen LogP contribution in [0.4, 0.5) is 0 Å². The van der Waals surface area contributed by atoms with Gasteiger partial charge in [0.15, 0.2) is 0 Å². The van der Waals surface area contributed by atoms with Crippen LogP contribution in [0.15, 0.2) is 24.3 Å². The van der Waals surface area contributed by atoms with Crippen molar-refractivity contribution in [3.63, 3.8) is 0 Å². The van der Waals surface area contributed by atoms with E-state index >= 15 is 0 Å². The lowest BCUT2D eigenvalue weighted by molar-refractivity contribution is -0.123. The van der Waals surface area contributed by atoms with E-state index in [0.717, 1.165) is 0 Å². The Morgan fingerprint density at radius 1 is 1.21 bits per heavy atom. The predicted molar refractivity (Wildman–Crippen MR) is 98.5 cm³/mol. The highest BCUT2D eigenvalue weighted by molar-refractivity contribution is 5.79. The summed E-state index contributed by atoms with van der Waals surface area (Å²) in [6, 6.07) is 10.7. The monoisotopic (exact) mass is 329 g/mol. The van der Waals surface area contributed by atoms with E-state index in [1.165, 1.54) is 11.1 Å². The summed E-state index contributed by atoms with van der Waals surface area (Å²) in [4.78, 5) is 14.2. The number of nitriles is 1. The maximum absolute atomic E-state index is 12.2. The zero-order valence-corrected chi connectivity index (χ0v) is 16.1. The molecule has 132 valence electrons. The van der Waals surface area contributed by atoms with Crippen molar-refractivity contribution in [2.24, 2.45) is 5.92 Å². The summed E-state index contributed by atoms with van der Waals surface area (Å²) in [6.07, 6.45) is 0. The Morgan fingerprint density at radius 3 is 2.17 bits per heavy atom. The minimum absolute atomic E-state index is 0.0571. The van der Waals surface area contributed by atoms with E-state index < -0.39 is 5.54 Å². The molecule has 1 rings (SSSR count). The van der Waals surface area contributed by atoms with Gasteiger partial charge in [0, 0.05) is 6.54 Å². The summed E-state index contributed by atoms with van der Waals surface area (Å²) in [5, 5.41) is 12.1. The van der Waals surface area contributed by atoms with Gasteiger partial charge in [0.25, 0.3) is 0 Å². The molecule has 1 atom stereocenters. The fourth-order valence-corrected chi connectivity index (χ4v) is 2.35. The minimum Gasteiger partial charge on any atom is -0.337 e. The molecule has 1 N–H and O–H groups in total. The highest BCUT2D eigenvalue weighted by Gasteiger charge is 2.30. The van der Waals surface area contributed by atoms with E-state index in [0.29, 0.717) is 6.54 Å². The van der Waals surface area contributed by atoms with Crippen molar-refractivity contribution < 1.29 is 4.79 Å². The van der Waals surface area contributed by atoms with Crippen LogP contribution < -0.4 is 5.32 Å². The predicted octanol–water partition coefficient (Wildman–Crippen LogP) is 3.47. The molecule has 0 fully saturated rings. The first-order chi connectivity index (χ1) is 11.0. The first-order valence-corrected chi connectivity index (χ1v) is 8.48. The van der Waals surface area contributed by atoms with Crippen LogP contribution in [0, 0.1) is 17.2 Å². The largest absolute Gasteiger partial charge is 0.337 e. The Morgan fingerprint density at radius 2 is 1.75 bits per heavy atom. The van der Waals surface area contributed by atoms with Crippen molar-refractivity contribution >= 4 is 5.91 Å². The third kappa shape index (κ3) is 5.65. The number of nitrogens with zero attached hydrogens (tertiary/aromatic N) is 2. The van der Waals surface area contributed by atoms with Gasteiger partial charge in [0.1, 0.15) is 5.54 Å². The van der Waals surface area contributed by atoms with Crippen LogP contribution >= 0.6 is 0 Å². The maximum atomic E-state index is 12.2. The van der Waals surface area contributed by atoms with Crippen molar-refractivity contribution in [3.8, 4) is 6.07 Å². The molecule has 0 spiro atoms. The molecule has 1 amide bonds. The number of nitrogens with one attached hydrogen (secondary N) is 1. The fourth-order valence-electron chi connectivity index (χ4n) is 2.35. The second kappa shape index (κ2) is 7.81. The number of amides is 1. The number of likely N-dealkylation sites (N-methyl/N-ethyl adjacent to an activating group) is 1. The normalized spacial score (nSPS) is 14.3. The third-order valence-electron chi connectivity index (χ3n) is 4.47. The van der Waals surface area contributed by atoms with Crippen molar-refractivity contribution in [2.45, 2.75) is 59.0 Å². The number of rotatable bonds is 6. The highest BCUT2D eigenvalue weighted by atomic mass is 16.2. The Balaban J connectivity index is 2.62. The lowest BCUT2D eigenvalue weighted by atomic mass is 9.87. The molecule has 0 radical (unpaired) electrons. The Kier molecular flexibility index (Phi) is 6.57. The summed E-state index contributed by atoms with van der Waals surface area (Å²) < 4.78 is 0. The lowest BCUT2D eigenvalue weighted by Crippen LogP contribution is -2.51. The summed E-state index contributed by atoms with van der Waals surface area (Å²) in [5.41, 5.74) is 1.79. The van der Waals surface area contributed by atoms with Crippen molar-refractivity contribution in [1.29, 1.82) is 5.26 Å². The molecule has 0 aliphatic carbocycles. The van der Waals surface area contributed by atoms with E-state index in [-0.39, 0.29) is 23.8 Å². The summed E-state index contributed by atoms with van der Waals surface area (Å²) in [6.45, 7) is 13.2. The number of hydrogen-bond donors (Lipinski definition) is 1. The van der Waals surface area contributed by atoms with Gasteiger partial charge in [-0.3, -0.25) is 9.69 Å². The molecule has 0 aromatic heterocycles. The number of carbonyl (C=O) groups excluding carboxylic acids is 1. The molecular weight excluding hydrogens is 298 g/mol. The number of hydrogen-bond acceptors (Lipinski definition) is 3. The standard InChI is InChI=1S/C20H31N3O/c1-15(2)20(6,14-21)22-18(24)13-23(7)12-16-8-10-17(11-9-16)19(3,4)5/h8-11,15H,12-13H2,1-7H3,(H,22,24)/t20-/m1/s1. The fraction of sp³-hybridized carbons (Fsp3) is 0.600. The second-order valence-corrected chi connectivity index (χ2v) is 8.14. The molecule has 0 bridgehead atoms. The molecule has 0 saturated heterocycles. The summed E-state index contributed by atoms with van der Waals surface area (Å²) in [7, 11) is 1.91. The zero-order chi connectivity index (χ0) is 18.5. The van der Waals surface area contributed by atoms with Gasteiger partial charge in [-0.1, -0.05) is 58.9 Å². The molecular formula is C20H31N3O. The van der Waals surface area contributed by atoms with Crippen LogP contribution in [-0.2, 0) is 16.8 Å². The molecule has 1 aromatic carbocycles. The third-order valence-corrected chi connectivity index (χ3v) is 4.47. The molecule has 0 aliphatic heterocycles. The molecule has 0 unspecified atom stereocenters. The van der Waals surface area contributed by atoms with E-state index in [4.69, 9.17) is 0 Å². The van der Waals surface area contributed by atoms with Crippen LogP contribution in [0.25, 0.3) is 0 Å². The second-order valence-electron chi connectivity index (χ2n) is 8.14. The summed E-state index contributed by atoms with van der Waals surface area (Å²) in [5.74, 6) is -0.0664. The van der Waals surface area contributed by atoms with Crippen LogP contribution in [0.3, 0.4) is 0 Å². The van der Waals surface area contributed by atoms with E-state index in [1.54, 1.807) is 6.92 Å². The molecule has 0 saturated carbocycles. The first kappa shape index (κ1) is 20.2. The lowest BCUT2D eigenvalue weighted by Gasteiger charge is -2.28. The van der Waals surface area contributed by atoms with Crippen molar-refractivity contribution in [3.05, 3.63) is 35.4 Å². The molecule has 24 heavy (non-hydrogen) atoms. The van der Waals surface area contributed by atoms with Gasteiger partial charge in [-0.15, -0.1) is 0 Å². The topological polar surface area (TPSA) is 56.1 Å². The molecule has 4 heteroatoms. The zero-order valence-electron chi connectivity index (χ0n) is 16.1. The molecule has 1 aromatic rings. The Bertz CT molecular complexity index is 593. The van der Waals surface area contributed by atoms with Gasteiger partial charge < -0.3 is 5.32 Å². The van der Waals surface area contributed by atoms with E-state index in [9.17, 15) is 10.1 Å². The first-order valence-electron chi connectivity index (χ1n) is 8.48. The Labute approximate surface area is 146 Å². The van der Waals surface area contributed by atoms with Crippen LogP contribution in [0.5, 0.6) is 0 Å². The maximum Gasteiger partial charge on any atom is 0.235 e. The van der Waals surface area contributed by atoms with Gasteiger partial charge >= 0.3 is 0 Å². The number of carbonyl (C=O) groups is 1. The van der Waals surface area contributed by atoms with Crippen LogP contribution in [0.1, 0.15) is 52.7 Å². The highest BCUT2D eigenvalue weighted by Crippen LogP contribution is 2.22. The van der Waals surface area contributed by atoms with Gasteiger partial charge in [-0.25, -0.2) is 0 Å². The van der Waals surface area contributed by atoms with Gasteiger partial charge in [0.2, 0.25) is 5.91 Å². The summed E-state index contributed by atoms with van der Waals surface area (Å²) >= 11 is 0. The smallest absolute Gasteiger partial charge is 0.235 e. The minimum atomic E-state index is -0.827. The SMILES string of the molecule is CC(C)[C@@](C)(C#N)NC(=O)CN(C)Cc1ccc(C(C)(C)C)cc1. The van der Waals surface area contributed by atoms with Crippen LogP contribution in [0.2, 0.25) is 0 Å². The average Bonchev–Trinajstić information content (AvgIpc) is 2.46. The van der Waals surface area contributed by atoms with Gasteiger partial charge in [0.05, 0.1) is 12.6 Å². The average molecular weight is 329 g/mol. The van der Waals surface area contributed by atoms with Crippen molar-refractivity contribution in [2.75, 3.05) is 13.6 Å².